The van der Waals surface area contributed by atoms with E-state index in [-0.39, 0.29) is 4.90 Å². The van der Waals surface area contributed by atoms with Gasteiger partial charge in [0.05, 0.1) is 4.90 Å². The number of hydrogen-bond acceptors (Lipinski definition) is 3. The molecule has 2 saturated carbocycles. The number of benzene rings is 1. The minimum atomic E-state index is -3.53. The molecule has 2 fully saturated rings. The van der Waals surface area contributed by atoms with E-state index < -0.39 is 10.0 Å². The van der Waals surface area contributed by atoms with Crippen molar-refractivity contribution in [2.24, 2.45) is 16.9 Å². The molecule has 2 aliphatic carbocycles. The van der Waals surface area contributed by atoms with E-state index >= 15 is 0 Å². The molecular formula is C15H20N2O2S. The normalized spacial score (nSPS) is 27.8. The Kier molecular flexibility index (Phi) is 3.54. The van der Waals surface area contributed by atoms with Gasteiger partial charge in [0.25, 0.3) is 10.0 Å². The molecule has 2 aliphatic rings. The average Bonchev–Trinajstić information content (AvgIpc) is 3.17. The molecular weight excluding hydrogens is 272 g/mol. The second kappa shape index (κ2) is 5.20. The molecule has 1 aromatic rings. The molecule has 0 saturated heterocycles. The van der Waals surface area contributed by atoms with Gasteiger partial charge in [-0.2, -0.15) is 13.5 Å². The van der Waals surface area contributed by atoms with Gasteiger partial charge in [0.15, 0.2) is 0 Å². The van der Waals surface area contributed by atoms with Gasteiger partial charge in [0, 0.05) is 11.6 Å². The van der Waals surface area contributed by atoms with Crippen LogP contribution in [-0.2, 0) is 10.0 Å². The molecule has 20 heavy (non-hydrogen) atoms. The number of nitrogens with one attached hydrogen (secondary N) is 1. The molecule has 0 heterocycles. The molecule has 5 heteroatoms. The summed E-state index contributed by atoms with van der Waals surface area (Å²) in [6, 6.07) is 6.82. The van der Waals surface area contributed by atoms with E-state index in [9.17, 15) is 8.42 Å². The van der Waals surface area contributed by atoms with Crippen LogP contribution in [0.1, 0.15) is 37.7 Å². The van der Waals surface area contributed by atoms with E-state index in [1.807, 2.05) is 6.92 Å². The Labute approximate surface area is 120 Å². The lowest BCUT2D eigenvalue weighted by Crippen LogP contribution is -2.21. The zero-order valence-corrected chi connectivity index (χ0v) is 12.5. The van der Waals surface area contributed by atoms with Crippen molar-refractivity contribution in [1.82, 2.24) is 4.83 Å². The number of sulfonamides is 1. The molecule has 2 atom stereocenters. The maximum absolute atomic E-state index is 12.2. The first kappa shape index (κ1) is 13.6. The van der Waals surface area contributed by atoms with Gasteiger partial charge in [0.2, 0.25) is 0 Å². The number of fused-ring (bicyclic) bond motifs is 1. The Bertz CT molecular complexity index is 620. The third-order valence-electron chi connectivity index (χ3n) is 4.25. The maximum Gasteiger partial charge on any atom is 0.276 e. The number of hydrazone groups is 1. The summed E-state index contributed by atoms with van der Waals surface area (Å²) in [4.78, 5) is 2.68. The van der Waals surface area contributed by atoms with Gasteiger partial charge in [-0.3, -0.25) is 0 Å². The van der Waals surface area contributed by atoms with Crippen molar-refractivity contribution in [2.75, 3.05) is 0 Å². The Hall–Kier alpha value is -1.36. The fraction of sp³-hybridized carbons (Fsp3) is 0.533. The first-order chi connectivity index (χ1) is 9.56. The number of aryl methyl sites for hydroxylation is 1. The largest absolute Gasteiger partial charge is 0.276 e. The number of nitrogens with zero attached hydrogens (tertiary/aromatic N) is 1. The van der Waals surface area contributed by atoms with Gasteiger partial charge in [-0.25, -0.2) is 4.83 Å². The first-order valence-electron chi connectivity index (χ1n) is 7.21. The van der Waals surface area contributed by atoms with Crippen LogP contribution in [0.4, 0.5) is 0 Å². The standard InChI is InChI=1S/C15H20N2O2S/c1-11-6-8-13(9-7-11)20(18,19)17-16-15-5-3-2-4-12-10-14(12)15/h6-9,12,14,17H,2-5,10H2,1H3/b16-15+/t12-,14-/m0/s1. The SMILES string of the molecule is Cc1ccc(S(=O)(=O)N/N=C2\CCCC[C@H]3C[C@H]23)cc1. The van der Waals surface area contributed by atoms with E-state index in [4.69, 9.17) is 0 Å². The molecule has 1 aromatic carbocycles. The van der Waals surface area contributed by atoms with Gasteiger partial charge in [-0.05, 0) is 50.7 Å². The lowest BCUT2D eigenvalue weighted by molar-refractivity contribution is 0.584. The highest BCUT2D eigenvalue weighted by molar-refractivity contribution is 7.89. The highest BCUT2D eigenvalue weighted by Crippen LogP contribution is 2.46. The van der Waals surface area contributed by atoms with Crippen molar-refractivity contribution in [3.63, 3.8) is 0 Å². The van der Waals surface area contributed by atoms with Crippen molar-refractivity contribution in [2.45, 2.75) is 43.9 Å². The summed E-state index contributed by atoms with van der Waals surface area (Å²) in [5, 5.41) is 4.22. The minimum Gasteiger partial charge on any atom is -0.200 e. The van der Waals surface area contributed by atoms with Gasteiger partial charge in [0.1, 0.15) is 0 Å². The lowest BCUT2D eigenvalue weighted by atomic mass is 10.1. The quantitative estimate of drug-likeness (QED) is 0.871. The highest BCUT2D eigenvalue weighted by atomic mass is 32.2. The van der Waals surface area contributed by atoms with E-state index in [1.54, 1.807) is 24.3 Å². The van der Waals surface area contributed by atoms with Crippen molar-refractivity contribution >= 4 is 15.7 Å². The fourth-order valence-electron chi connectivity index (χ4n) is 2.90. The molecule has 0 spiro atoms. The third-order valence-corrected chi connectivity index (χ3v) is 5.47. The molecule has 3 rings (SSSR count). The molecule has 0 bridgehead atoms. The van der Waals surface area contributed by atoms with Gasteiger partial charge >= 0.3 is 0 Å². The Morgan fingerprint density at radius 1 is 1.20 bits per heavy atom. The number of rotatable bonds is 3. The number of hydrogen-bond donors (Lipinski definition) is 1. The maximum atomic E-state index is 12.2. The van der Waals surface area contributed by atoms with Crippen LogP contribution in [-0.4, -0.2) is 14.1 Å². The second-order valence-corrected chi connectivity index (χ2v) is 7.52. The summed E-state index contributed by atoms with van der Waals surface area (Å²) >= 11 is 0. The van der Waals surface area contributed by atoms with Crippen LogP contribution in [0.3, 0.4) is 0 Å². The minimum absolute atomic E-state index is 0.272. The third kappa shape index (κ3) is 2.87. The summed E-state index contributed by atoms with van der Waals surface area (Å²) in [6.45, 7) is 1.93. The predicted molar refractivity (Wildman–Crippen MR) is 79.0 cm³/mol. The van der Waals surface area contributed by atoms with Crippen LogP contribution in [0.2, 0.25) is 0 Å². The van der Waals surface area contributed by atoms with Crippen molar-refractivity contribution in [3.8, 4) is 0 Å². The molecule has 0 unspecified atom stereocenters. The van der Waals surface area contributed by atoms with E-state index in [0.717, 1.165) is 30.0 Å². The van der Waals surface area contributed by atoms with Gasteiger partial charge in [-0.1, -0.05) is 24.1 Å². The summed E-state index contributed by atoms with van der Waals surface area (Å²) < 4.78 is 24.3. The van der Waals surface area contributed by atoms with Gasteiger partial charge < -0.3 is 0 Å². The van der Waals surface area contributed by atoms with E-state index in [1.165, 1.54) is 19.3 Å². The van der Waals surface area contributed by atoms with Gasteiger partial charge in [-0.15, -0.1) is 0 Å². The monoisotopic (exact) mass is 292 g/mol. The Morgan fingerprint density at radius 2 is 1.95 bits per heavy atom. The molecule has 4 nitrogen and oxygen atoms in total. The average molecular weight is 292 g/mol. The van der Waals surface area contributed by atoms with Crippen LogP contribution < -0.4 is 4.83 Å². The van der Waals surface area contributed by atoms with Crippen molar-refractivity contribution in [3.05, 3.63) is 29.8 Å². The van der Waals surface area contributed by atoms with Crippen LogP contribution in [0, 0.1) is 18.8 Å². The fourth-order valence-corrected chi connectivity index (χ4v) is 3.74. The molecule has 0 radical (unpaired) electrons. The van der Waals surface area contributed by atoms with Crippen molar-refractivity contribution < 1.29 is 8.42 Å². The molecule has 1 N–H and O–H groups in total. The van der Waals surface area contributed by atoms with Crippen LogP contribution in [0.5, 0.6) is 0 Å². The second-order valence-electron chi connectivity index (χ2n) is 5.86. The summed E-state index contributed by atoms with van der Waals surface area (Å²) in [5.41, 5.74) is 2.09. The Balaban J connectivity index is 1.75. The summed E-state index contributed by atoms with van der Waals surface area (Å²) in [7, 11) is -3.53. The Morgan fingerprint density at radius 3 is 2.70 bits per heavy atom. The zero-order chi connectivity index (χ0) is 14.2. The zero-order valence-electron chi connectivity index (χ0n) is 11.7. The highest BCUT2D eigenvalue weighted by Gasteiger charge is 2.41. The lowest BCUT2D eigenvalue weighted by Gasteiger charge is -2.07. The molecule has 108 valence electrons. The predicted octanol–water partition coefficient (Wildman–Crippen LogP) is 2.84. The van der Waals surface area contributed by atoms with Crippen LogP contribution in [0.25, 0.3) is 0 Å². The molecule has 0 aliphatic heterocycles. The smallest absolute Gasteiger partial charge is 0.200 e. The molecule has 0 aromatic heterocycles. The molecule has 0 amide bonds. The van der Waals surface area contributed by atoms with Crippen LogP contribution in [0.15, 0.2) is 34.3 Å². The van der Waals surface area contributed by atoms with E-state index in [2.05, 4.69) is 9.93 Å². The van der Waals surface area contributed by atoms with E-state index in [0.29, 0.717) is 5.92 Å². The summed E-state index contributed by atoms with van der Waals surface area (Å²) in [5.74, 6) is 1.28. The topological polar surface area (TPSA) is 58.5 Å². The first-order valence-corrected chi connectivity index (χ1v) is 8.69. The summed E-state index contributed by atoms with van der Waals surface area (Å²) in [6.07, 6.45) is 5.75. The van der Waals surface area contributed by atoms with Crippen molar-refractivity contribution in [1.29, 1.82) is 0 Å². The van der Waals surface area contributed by atoms with Crippen LogP contribution >= 0.6 is 0 Å².